The van der Waals surface area contributed by atoms with Crippen LogP contribution < -0.4 is 10.6 Å². The number of carbonyl (C=O) groups excluding carboxylic acids is 1. The zero-order valence-corrected chi connectivity index (χ0v) is 8.84. The summed E-state index contributed by atoms with van der Waals surface area (Å²) < 4.78 is 35.5. The molecule has 1 aliphatic rings. The van der Waals surface area contributed by atoms with Gasteiger partial charge in [0.1, 0.15) is 6.10 Å². The SMILES string of the molecule is CC(O)C(=O)NC1CC(NCC(F)(F)F)C1. The maximum absolute atomic E-state index is 11.8. The molecule has 7 heteroatoms. The van der Waals surface area contributed by atoms with E-state index in [1.807, 2.05) is 0 Å². The molecule has 4 nitrogen and oxygen atoms in total. The third kappa shape index (κ3) is 4.36. The van der Waals surface area contributed by atoms with E-state index in [0.29, 0.717) is 12.8 Å². The van der Waals surface area contributed by atoms with Crippen LogP contribution in [-0.4, -0.2) is 41.9 Å². The molecule has 0 aromatic rings. The molecule has 3 N–H and O–H groups in total. The highest BCUT2D eigenvalue weighted by atomic mass is 19.4. The van der Waals surface area contributed by atoms with Crippen LogP contribution in [0.2, 0.25) is 0 Å². The van der Waals surface area contributed by atoms with Gasteiger partial charge in [0.15, 0.2) is 0 Å². The third-order valence-corrected chi connectivity index (χ3v) is 2.46. The Morgan fingerprint density at radius 2 is 2.00 bits per heavy atom. The van der Waals surface area contributed by atoms with Crippen LogP contribution in [0.4, 0.5) is 13.2 Å². The molecule has 0 heterocycles. The van der Waals surface area contributed by atoms with Crippen molar-refractivity contribution in [3.05, 3.63) is 0 Å². The van der Waals surface area contributed by atoms with Gasteiger partial charge in [0, 0.05) is 12.1 Å². The van der Waals surface area contributed by atoms with Crippen molar-refractivity contribution < 1.29 is 23.1 Å². The van der Waals surface area contributed by atoms with Crippen LogP contribution in [0.1, 0.15) is 19.8 Å². The Labute approximate surface area is 91.2 Å². The normalized spacial score (nSPS) is 27.1. The van der Waals surface area contributed by atoms with Gasteiger partial charge in [-0.25, -0.2) is 0 Å². The molecule has 1 amide bonds. The second-order valence-electron chi connectivity index (χ2n) is 4.05. The van der Waals surface area contributed by atoms with Crippen LogP contribution in [0.3, 0.4) is 0 Å². The number of halogens is 3. The lowest BCUT2D eigenvalue weighted by Crippen LogP contribution is -2.55. The summed E-state index contributed by atoms with van der Waals surface area (Å²) >= 11 is 0. The van der Waals surface area contributed by atoms with E-state index in [0.717, 1.165) is 0 Å². The standard InChI is InChI=1S/C9H15F3N2O2/c1-5(15)8(16)14-7-2-6(3-7)13-4-9(10,11)12/h5-7,13,15H,2-4H2,1H3,(H,14,16). The van der Waals surface area contributed by atoms with E-state index < -0.39 is 24.7 Å². The van der Waals surface area contributed by atoms with Crippen molar-refractivity contribution in [2.75, 3.05) is 6.54 Å². The first-order chi connectivity index (χ1) is 7.28. The van der Waals surface area contributed by atoms with E-state index in [9.17, 15) is 18.0 Å². The van der Waals surface area contributed by atoms with Gasteiger partial charge in [-0.3, -0.25) is 4.79 Å². The van der Waals surface area contributed by atoms with E-state index in [-0.39, 0.29) is 12.1 Å². The highest BCUT2D eigenvalue weighted by Gasteiger charge is 2.34. The molecule has 0 radical (unpaired) electrons. The molecule has 1 rings (SSSR count). The topological polar surface area (TPSA) is 61.4 Å². The summed E-state index contributed by atoms with van der Waals surface area (Å²) in [6.07, 6.45) is -4.35. The minimum atomic E-state index is -4.20. The van der Waals surface area contributed by atoms with Crippen molar-refractivity contribution in [3.8, 4) is 0 Å². The minimum absolute atomic E-state index is 0.132. The summed E-state index contributed by atoms with van der Waals surface area (Å²) in [5.74, 6) is -0.487. The summed E-state index contributed by atoms with van der Waals surface area (Å²) in [7, 11) is 0. The molecule has 0 bridgehead atoms. The number of rotatable bonds is 4. The maximum Gasteiger partial charge on any atom is 0.401 e. The largest absolute Gasteiger partial charge is 0.401 e. The van der Waals surface area contributed by atoms with Crippen LogP contribution in [0.15, 0.2) is 0 Å². The molecule has 0 aromatic heterocycles. The van der Waals surface area contributed by atoms with E-state index in [2.05, 4.69) is 10.6 Å². The Morgan fingerprint density at radius 1 is 1.44 bits per heavy atom. The van der Waals surface area contributed by atoms with Crippen molar-refractivity contribution in [2.45, 2.75) is 44.1 Å². The van der Waals surface area contributed by atoms with Gasteiger partial charge in [0.25, 0.3) is 0 Å². The molecule has 0 saturated heterocycles. The van der Waals surface area contributed by atoms with Gasteiger partial charge in [0.2, 0.25) is 5.91 Å². The molecule has 1 aliphatic carbocycles. The average molecular weight is 240 g/mol. The highest BCUT2D eigenvalue weighted by Crippen LogP contribution is 2.21. The molecule has 0 spiro atoms. The van der Waals surface area contributed by atoms with Crippen LogP contribution in [-0.2, 0) is 4.79 Å². The number of nitrogens with one attached hydrogen (secondary N) is 2. The average Bonchev–Trinajstić information content (AvgIpc) is 2.06. The van der Waals surface area contributed by atoms with Gasteiger partial charge < -0.3 is 15.7 Å². The van der Waals surface area contributed by atoms with Crippen LogP contribution in [0.5, 0.6) is 0 Å². The molecular formula is C9H15F3N2O2. The fourth-order valence-corrected chi connectivity index (χ4v) is 1.48. The van der Waals surface area contributed by atoms with Crippen LogP contribution in [0, 0.1) is 0 Å². The highest BCUT2D eigenvalue weighted by molar-refractivity contribution is 5.80. The van der Waals surface area contributed by atoms with Crippen molar-refractivity contribution in [1.29, 1.82) is 0 Å². The Balaban J connectivity index is 2.12. The first kappa shape index (κ1) is 13.2. The minimum Gasteiger partial charge on any atom is -0.384 e. The number of alkyl halides is 3. The van der Waals surface area contributed by atoms with E-state index in [1.54, 1.807) is 0 Å². The number of carbonyl (C=O) groups is 1. The Kier molecular flexibility index (Phi) is 4.15. The fraction of sp³-hybridized carbons (Fsp3) is 0.889. The Hall–Kier alpha value is -0.820. The van der Waals surface area contributed by atoms with E-state index in [4.69, 9.17) is 5.11 Å². The molecule has 94 valence electrons. The smallest absolute Gasteiger partial charge is 0.384 e. The lowest BCUT2D eigenvalue weighted by Gasteiger charge is -2.36. The van der Waals surface area contributed by atoms with Crippen molar-refractivity contribution in [2.24, 2.45) is 0 Å². The van der Waals surface area contributed by atoms with Gasteiger partial charge in [-0.05, 0) is 19.8 Å². The number of aliphatic hydroxyl groups is 1. The molecule has 1 unspecified atom stereocenters. The molecule has 16 heavy (non-hydrogen) atoms. The lowest BCUT2D eigenvalue weighted by atomic mass is 9.86. The first-order valence-corrected chi connectivity index (χ1v) is 5.06. The second-order valence-corrected chi connectivity index (χ2v) is 4.05. The summed E-state index contributed by atoms with van der Waals surface area (Å²) in [4.78, 5) is 11.0. The number of amides is 1. The Bertz CT molecular complexity index is 250. The van der Waals surface area contributed by atoms with Crippen LogP contribution >= 0.6 is 0 Å². The fourth-order valence-electron chi connectivity index (χ4n) is 1.48. The zero-order chi connectivity index (χ0) is 12.3. The predicted octanol–water partition coefficient (Wildman–Crippen LogP) is 0.166. The molecular weight excluding hydrogens is 225 g/mol. The Morgan fingerprint density at radius 3 is 2.44 bits per heavy atom. The first-order valence-electron chi connectivity index (χ1n) is 5.06. The quantitative estimate of drug-likeness (QED) is 0.656. The van der Waals surface area contributed by atoms with Gasteiger partial charge in [-0.15, -0.1) is 0 Å². The molecule has 1 fully saturated rings. The number of hydrogen-bond donors (Lipinski definition) is 3. The van der Waals surface area contributed by atoms with E-state index >= 15 is 0 Å². The lowest BCUT2D eigenvalue weighted by molar-refractivity contribution is -0.132. The van der Waals surface area contributed by atoms with Gasteiger partial charge in [-0.1, -0.05) is 0 Å². The summed E-state index contributed by atoms with van der Waals surface area (Å²) in [6.45, 7) is 0.335. The predicted molar refractivity (Wildman–Crippen MR) is 50.7 cm³/mol. The number of aliphatic hydroxyl groups excluding tert-OH is 1. The van der Waals surface area contributed by atoms with Crippen molar-refractivity contribution in [3.63, 3.8) is 0 Å². The number of hydrogen-bond acceptors (Lipinski definition) is 3. The third-order valence-electron chi connectivity index (χ3n) is 2.46. The zero-order valence-electron chi connectivity index (χ0n) is 8.84. The molecule has 1 saturated carbocycles. The van der Waals surface area contributed by atoms with E-state index in [1.165, 1.54) is 6.92 Å². The molecule has 0 aliphatic heterocycles. The second kappa shape index (κ2) is 5.01. The van der Waals surface area contributed by atoms with Gasteiger partial charge in [-0.2, -0.15) is 13.2 Å². The summed E-state index contributed by atoms with van der Waals surface area (Å²) in [5, 5.41) is 13.8. The molecule has 0 aromatic carbocycles. The van der Waals surface area contributed by atoms with Crippen LogP contribution in [0.25, 0.3) is 0 Å². The van der Waals surface area contributed by atoms with Gasteiger partial charge in [0.05, 0.1) is 6.54 Å². The van der Waals surface area contributed by atoms with Crippen molar-refractivity contribution in [1.82, 2.24) is 10.6 Å². The monoisotopic (exact) mass is 240 g/mol. The summed E-state index contributed by atoms with van der Waals surface area (Å²) in [6, 6.07) is -0.339. The maximum atomic E-state index is 11.8. The van der Waals surface area contributed by atoms with Crippen molar-refractivity contribution >= 4 is 5.91 Å². The molecule has 1 atom stereocenters. The van der Waals surface area contributed by atoms with Gasteiger partial charge >= 0.3 is 6.18 Å². The summed E-state index contributed by atoms with van der Waals surface area (Å²) in [5.41, 5.74) is 0.